The number of benzene rings is 2. The number of aromatic carboxylic acids is 1. The third-order valence-electron chi connectivity index (χ3n) is 9.13. The first-order chi connectivity index (χ1) is 20.9. The van der Waals surface area contributed by atoms with Crippen LogP contribution in [0.5, 0.6) is 0 Å². The minimum Gasteiger partial charge on any atom is -0.478 e. The predicted molar refractivity (Wildman–Crippen MR) is 177 cm³/mol. The van der Waals surface area contributed by atoms with E-state index >= 15 is 0 Å². The van der Waals surface area contributed by atoms with Gasteiger partial charge in [0, 0.05) is 76.2 Å². The molecule has 2 saturated heterocycles. The van der Waals surface area contributed by atoms with Gasteiger partial charge in [-0.15, -0.1) is 0 Å². The minimum absolute atomic E-state index is 0.160. The first-order valence-corrected chi connectivity index (χ1v) is 16.2. The molecule has 0 spiro atoms. The number of carboxylic acids is 1. The highest BCUT2D eigenvalue weighted by Crippen LogP contribution is 2.44. The Morgan fingerprint density at radius 3 is 2.09 bits per heavy atom. The average molecular weight is 623 g/mol. The number of anilines is 1. The van der Waals surface area contributed by atoms with Gasteiger partial charge < -0.3 is 19.6 Å². The Bertz CT molecular complexity index is 1340. The van der Waals surface area contributed by atoms with Crippen molar-refractivity contribution in [2.24, 2.45) is 5.41 Å². The number of allylic oxidation sites excluding steroid dienone is 1. The highest BCUT2D eigenvalue weighted by atomic mass is 35.5. The summed E-state index contributed by atoms with van der Waals surface area (Å²) in [6, 6.07) is 15.5. The normalized spacial score (nSPS) is 22.3. The molecule has 1 atom stereocenters. The van der Waals surface area contributed by atoms with Gasteiger partial charge in [-0.1, -0.05) is 36.2 Å². The topological polar surface area (TPSA) is 76.6 Å². The van der Waals surface area contributed by atoms with Crippen LogP contribution >= 0.6 is 11.6 Å². The van der Waals surface area contributed by atoms with Crippen molar-refractivity contribution >= 4 is 34.9 Å². The Kier molecular flexibility index (Phi) is 9.93. The maximum atomic E-state index is 12.6. The van der Waals surface area contributed by atoms with Gasteiger partial charge in [0.05, 0.1) is 5.56 Å². The summed E-state index contributed by atoms with van der Waals surface area (Å²) < 4.78 is 5.60. The van der Waals surface area contributed by atoms with E-state index in [0.717, 1.165) is 82.3 Å². The molecule has 0 bridgehead atoms. The van der Waals surface area contributed by atoms with Gasteiger partial charge in [-0.25, -0.2) is 9.59 Å². The van der Waals surface area contributed by atoms with Crippen LogP contribution < -0.4 is 4.90 Å². The smallest absolute Gasteiger partial charge is 0.410 e. The van der Waals surface area contributed by atoms with E-state index in [1.807, 2.05) is 49.9 Å². The molecule has 9 heteroatoms. The van der Waals surface area contributed by atoms with Gasteiger partial charge >= 0.3 is 12.1 Å². The summed E-state index contributed by atoms with van der Waals surface area (Å²) in [5.41, 5.74) is 5.33. The molecule has 0 radical (unpaired) electrons. The molecule has 8 nitrogen and oxygen atoms in total. The second-order valence-electron chi connectivity index (χ2n) is 13.9. The van der Waals surface area contributed by atoms with Gasteiger partial charge in [-0.3, -0.25) is 9.80 Å². The lowest BCUT2D eigenvalue weighted by Gasteiger charge is -2.44. The number of nitrogens with zero attached hydrogens (tertiary/aromatic N) is 4. The van der Waals surface area contributed by atoms with Gasteiger partial charge in [0.2, 0.25) is 0 Å². The number of carbonyl (C=O) groups excluding carboxylic acids is 1. The van der Waals surface area contributed by atoms with Crippen LogP contribution in [0.2, 0.25) is 5.02 Å². The highest BCUT2D eigenvalue weighted by molar-refractivity contribution is 6.30. The van der Waals surface area contributed by atoms with Crippen LogP contribution in [0.3, 0.4) is 0 Å². The molecule has 1 unspecified atom stereocenters. The molecule has 238 valence electrons. The average Bonchev–Trinajstić information content (AvgIpc) is 2.98. The number of carbonyl (C=O) groups is 2. The van der Waals surface area contributed by atoms with Crippen molar-refractivity contribution in [3.63, 3.8) is 0 Å². The Hall–Kier alpha value is -3.07. The van der Waals surface area contributed by atoms with Crippen molar-refractivity contribution in [2.75, 3.05) is 70.3 Å². The molecule has 2 aromatic rings. The SMILES string of the molecule is CC1(CN2CCN(C(=O)OC(C)(C)C)CC2)CCC(c2ccc(Cl)cc2)=C(CN2CCN(c3ccc(C(=O)O)cc3)CC2)C1. The molecular formula is C35H47ClN4O4. The second kappa shape index (κ2) is 13.5. The van der Waals surface area contributed by atoms with Crippen molar-refractivity contribution in [1.82, 2.24) is 14.7 Å². The van der Waals surface area contributed by atoms with Crippen LogP contribution in [0, 0.1) is 5.41 Å². The maximum absolute atomic E-state index is 12.6. The van der Waals surface area contributed by atoms with E-state index in [2.05, 4.69) is 33.8 Å². The largest absolute Gasteiger partial charge is 0.478 e. The van der Waals surface area contributed by atoms with E-state index in [1.54, 1.807) is 12.1 Å². The molecule has 2 aromatic carbocycles. The second-order valence-corrected chi connectivity index (χ2v) is 14.4. The van der Waals surface area contributed by atoms with Crippen LogP contribution in [0.25, 0.3) is 5.57 Å². The summed E-state index contributed by atoms with van der Waals surface area (Å²) >= 11 is 6.25. The number of rotatable bonds is 7. The van der Waals surface area contributed by atoms with Crippen molar-refractivity contribution in [1.29, 1.82) is 0 Å². The van der Waals surface area contributed by atoms with Crippen molar-refractivity contribution in [3.05, 3.63) is 70.3 Å². The Balaban J connectivity index is 1.23. The van der Waals surface area contributed by atoms with Gasteiger partial charge in [0.15, 0.2) is 0 Å². The molecule has 1 N–H and O–H groups in total. The summed E-state index contributed by atoms with van der Waals surface area (Å²) in [7, 11) is 0. The zero-order valence-corrected chi connectivity index (χ0v) is 27.4. The summed E-state index contributed by atoms with van der Waals surface area (Å²) in [4.78, 5) is 33.1. The van der Waals surface area contributed by atoms with Gasteiger partial charge in [0.25, 0.3) is 0 Å². The van der Waals surface area contributed by atoms with E-state index in [-0.39, 0.29) is 11.5 Å². The summed E-state index contributed by atoms with van der Waals surface area (Å²) in [6.07, 6.45) is 3.01. The van der Waals surface area contributed by atoms with Gasteiger partial charge in [-0.05, 0) is 93.0 Å². The standard InChI is InChI=1S/C35H47ClN4O4/c1-34(2,3)44-33(43)40-21-17-38(18-22-40)25-35(4)14-13-31(26-5-9-29(36)10-6-26)28(23-35)24-37-15-19-39(20-16-37)30-11-7-27(8-12-30)32(41)42/h5-12H,13-25H2,1-4H3,(H,41,42). The fourth-order valence-corrected chi connectivity index (χ4v) is 6.93. The molecule has 2 aliphatic heterocycles. The highest BCUT2D eigenvalue weighted by Gasteiger charge is 2.36. The van der Waals surface area contributed by atoms with Crippen LogP contribution in [0.4, 0.5) is 10.5 Å². The Morgan fingerprint density at radius 1 is 0.886 bits per heavy atom. The number of amides is 1. The first kappa shape index (κ1) is 32.3. The van der Waals surface area contributed by atoms with Gasteiger partial charge in [0.1, 0.15) is 5.60 Å². The summed E-state index contributed by atoms with van der Waals surface area (Å²) in [6.45, 7) is 17.0. The number of piperazine rings is 2. The molecule has 44 heavy (non-hydrogen) atoms. The molecule has 0 aromatic heterocycles. The molecule has 1 aliphatic carbocycles. The lowest BCUT2D eigenvalue weighted by molar-refractivity contribution is 0.0104. The molecular weight excluding hydrogens is 576 g/mol. The number of halogens is 1. The van der Waals surface area contributed by atoms with Crippen LogP contribution in [-0.4, -0.2) is 103 Å². The number of ether oxygens (including phenoxy) is 1. The maximum Gasteiger partial charge on any atom is 0.410 e. The molecule has 1 amide bonds. The zero-order valence-electron chi connectivity index (χ0n) is 26.6. The summed E-state index contributed by atoms with van der Waals surface area (Å²) in [5, 5.41) is 9.99. The molecule has 0 saturated carbocycles. The monoisotopic (exact) mass is 622 g/mol. The fourth-order valence-electron chi connectivity index (χ4n) is 6.80. The molecule has 5 rings (SSSR count). The number of carboxylic acid groups (broad SMARTS) is 1. The van der Waals surface area contributed by atoms with E-state index < -0.39 is 11.6 Å². The van der Waals surface area contributed by atoms with Crippen LogP contribution in [0.15, 0.2) is 54.1 Å². The lowest BCUT2D eigenvalue weighted by Crippen LogP contribution is -2.52. The van der Waals surface area contributed by atoms with E-state index in [4.69, 9.17) is 16.3 Å². The number of hydrogen-bond donors (Lipinski definition) is 1. The molecule has 2 fully saturated rings. The number of hydrogen-bond acceptors (Lipinski definition) is 6. The third-order valence-corrected chi connectivity index (χ3v) is 9.39. The summed E-state index contributed by atoms with van der Waals surface area (Å²) in [5.74, 6) is -0.895. The van der Waals surface area contributed by atoms with Crippen molar-refractivity contribution in [2.45, 2.75) is 52.6 Å². The molecule has 3 aliphatic rings. The fraction of sp³-hybridized carbons (Fsp3) is 0.543. The quantitative estimate of drug-likeness (QED) is 0.385. The van der Waals surface area contributed by atoms with Gasteiger partial charge in [-0.2, -0.15) is 0 Å². The van der Waals surface area contributed by atoms with Crippen LogP contribution in [0.1, 0.15) is 62.9 Å². The van der Waals surface area contributed by atoms with E-state index in [1.165, 1.54) is 16.7 Å². The Morgan fingerprint density at radius 2 is 1.50 bits per heavy atom. The van der Waals surface area contributed by atoms with Crippen molar-refractivity contribution < 1.29 is 19.4 Å². The predicted octanol–water partition coefficient (Wildman–Crippen LogP) is 6.36. The first-order valence-electron chi connectivity index (χ1n) is 15.9. The van der Waals surface area contributed by atoms with Crippen molar-refractivity contribution in [3.8, 4) is 0 Å². The zero-order chi connectivity index (χ0) is 31.5. The van der Waals surface area contributed by atoms with E-state index in [9.17, 15) is 14.7 Å². The molecule has 2 heterocycles. The lowest BCUT2D eigenvalue weighted by atomic mass is 9.71. The van der Waals surface area contributed by atoms with Crippen LogP contribution in [-0.2, 0) is 4.74 Å². The third kappa shape index (κ3) is 8.34. The minimum atomic E-state index is -0.895. The van der Waals surface area contributed by atoms with E-state index in [0.29, 0.717) is 18.7 Å². The Labute approximate surface area is 267 Å².